The van der Waals surface area contributed by atoms with Crippen LogP contribution in [0.4, 0.5) is 0 Å². The fourth-order valence-electron chi connectivity index (χ4n) is 1.98. The maximum Gasteiger partial charge on any atom is 0.309 e. The van der Waals surface area contributed by atoms with E-state index in [9.17, 15) is 4.79 Å². The van der Waals surface area contributed by atoms with E-state index in [-0.39, 0.29) is 11.9 Å². The maximum absolute atomic E-state index is 11.2. The fraction of sp³-hybridized carbons (Fsp3) is 0.909. The van der Waals surface area contributed by atoms with Gasteiger partial charge in [0.2, 0.25) is 0 Å². The number of unbranched alkanes of at least 4 members (excludes halogenated alkanes) is 1. The van der Waals surface area contributed by atoms with E-state index in [1.54, 1.807) is 0 Å². The molecule has 1 aliphatic heterocycles. The number of methoxy groups -OCH3 is 1. The van der Waals surface area contributed by atoms with Gasteiger partial charge in [-0.25, -0.2) is 0 Å². The van der Waals surface area contributed by atoms with Crippen molar-refractivity contribution in [1.29, 1.82) is 0 Å². The molecule has 1 rings (SSSR count). The van der Waals surface area contributed by atoms with Gasteiger partial charge in [-0.1, -0.05) is 19.8 Å². The number of hydrogen-bond acceptors (Lipinski definition) is 3. The minimum Gasteiger partial charge on any atom is -0.469 e. The summed E-state index contributed by atoms with van der Waals surface area (Å²) in [7, 11) is 1.46. The van der Waals surface area contributed by atoms with E-state index in [1.165, 1.54) is 26.4 Å². The molecule has 0 aromatic rings. The highest BCUT2D eigenvalue weighted by molar-refractivity contribution is 5.72. The van der Waals surface area contributed by atoms with Crippen molar-refractivity contribution in [3.63, 3.8) is 0 Å². The minimum absolute atomic E-state index is 0.0635. The molecule has 1 saturated heterocycles. The van der Waals surface area contributed by atoms with E-state index in [4.69, 9.17) is 4.74 Å². The molecule has 1 heterocycles. The monoisotopic (exact) mass is 199 g/mol. The van der Waals surface area contributed by atoms with Crippen LogP contribution in [0, 0.1) is 5.92 Å². The van der Waals surface area contributed by atoms with Crippen LogP contribution < -0.4 is 5.32 Å². The molecule has 0 aromatic carbocycles. The summed E-state index contributed by atoms with van der Waals surface area (Å²) in [5.74, 6) is 0.0179. The lowest BCUT2D eigenvalue weighted by molar-refractivity contribution is -0.146. The van der Waals surface area contributed by atoms with Crippen LogP contribution >= 0.6 is 0 Å². The van der Waals surface area contributed by atoms with Gasteiger partial charge in [-0.15, -0.1) is 0 Å². The Morgan fingerprint density at radius 2 is 2.29 bits per heavy atom. The number of hydrogen-bond donors (Lipinski definition) is 1. The average Bonchev–Trinajstić information content (AvgIpc) is 2.26. The van der Waals surface area contributed by atoms with Gasteiger partial charge in [0.1, 0.15) is 0 Å². The number of ether oxygens (including phenoxy) is 1. The first-order valence-corrected chi connectivity index (χ1v) is 5.59. The Balaban J connectivity index is 2.20. The van der Waals surface area contributed by atoms with Crippen molar-refractivity contribution >= 4 is 5.97 Å². The van der Waals surface area contributed by atoms with Gasteiger partial charge in [0, 0.05) is 12.6 Å². The van der Waals surface area contributed by atoms with Gasteiger partial charge in [-0.05, 0) is 19.3 Å². The Hall–Kier alpha value is -0.570. The summed E-state index contributed by atoms with van der Waals surface area (Å²) >= 11 is 0. The summed E-state index contributed by atoms with van der Waals surface area (Å²) in [6, 6.07) is 0.621. The highest BCUT2D eigenvalue weighted by Gasteiger charge is 2.25. The van der Waals surface area contributed by atoms with Gasteiger partial charge in [0.25, 0.3) is 0 Å². The van der Waals surface area contributed by atoms with Gasteiger partial charge in [0.05, 0.1) is 13.0 Å². The zero-order valence-corrected chi connectivity index (χ0v) is 9.21. The minimum atomic E-state index is -0.0635. The van der Waals surface area contributed by atoms with Crippen LogP contribution in [0.15, 0.2) is 0 Å². The second kappa shape index (κ2) is 6.02. The third-order valence-electron chi connectivity index (χ3n) is 2.96. The van der Waals surface area contributed by atoms with Gasteiger partial charge in [-0.3, -0.25) is 4.79 Å². The van der Waals surface area contributed by atoms with Crippen LogP contribution in [-0.4, -0.2) is 25.7 Å². The summed E-state index contributed by atoms with van der Waals surface area (Å²) in [5, 5.41) is 3.42. The number of carbonyl (C=O) groups excluding carboxylic acids is 1. The second-order valence-corrected chi connectivity index (χ2v) is 4.04. The molecule has 0 amide bonds. The molecular formula is C11H21NO2. The number of rotatable bonds is 4. The summed E-state index contributed by atoms with van der Waals surface area (Å²) in [4.78, 5) is 11.2. The molecule has 2 atom stereocenters. The molecule has 3 nitrogen and oxygen atoms in total. The van der Waals surface area contributed by atoms with E-state index >= 15 is 0 Å². The lowest BCUT2D eigenvalue weighted by Crippen LogP contribution is -2.41. The molecule has 1 N–H and O–H groups in total. The Kier molecular flexibility index (Phi) is 4.94. The Bertz CT molecular complexity index is 174. The molecule has 3 heteroatoms. The van der Waals surface area contributed by atoms with Crippen molar-refractivity contribution in [3.8, 4) is 0 Å². The normalized spacial score (nSPS) is 27.3. The predicted molar refractivity (Wildman–Crippen MR) is 56.1 cm³/mol. The molecule has 0 aliphatic carbocycles. The van der Waals surface area contributed by atoms with E-state index in [0.717, 1.165) is 19.4 Å². The van der Waals surface area contributed by atoms with Crippen LogP contribution in [0.25, 0.3) is 0 Å². The van der Waals surface area contributed by atoms with Crippen molar-refractivity contribution in [2.75, 3.05) is 13.7 Å². The average molecular weight is 199 g/mol. The molecule has 0 bridgehead atoms. The van der Waals surface area contributed by atoms with E-state index in [0.29, 0.717) is 6.04 Å². The van der Waals surface area contributed by atoms with Crippen LogP contribution in [0.5, 0.6) is 0 Å². The first-order valence-electron chi connectivity index (χ1n) is 5.59. The van der Waals surface area contributed by atoms with Gasteiger partial charge in [-0.2, -0.15) is 0 Å². The highest BCUT2D eigenvalue weighted by atomic mass is 16.5. The van der Waals surface area contributed by atoms with E-state index < -0.39 is 0 Å². The topological polar surface area (TPSA) is 38.3 Å². The quantitative estimate of drug-likeness (QED) is 0.701. The Morgan fingerprint density at radius 1 is 1.50 bits per heavy atom. The highest BCUT2D eigenvalue weighted by Crippen LogP contribution is 2.18. The number of piperidine rings is 1. The van der Waals surface area contributed by atoms with E-state index in [2.05, 4.69) is 12.2 Å². The molecule has 1 fully saturated rings. The SMILES string of the molecule is CCCCC1CCC(C(=O)OC)CN1. The third kappa shape index (κ3) is 3.29. The number of nitrogens with one attached hydrogen (secondary N) is 1. The summed E-state index contributed by atoms with van der Waals surface area (Å²) in [6.07, 6.45) is 5.86. The third-order valence-corrected chi connectivity index (χ3v) is 2.96. The molecular weight excluding hydrogens is 178 g/mol. The zero-order chi connectivity index (χ0) is 10.4. The molecule has 1 aliphatic rings. The Morgan fingerprint density at radius 3 is 2.79 bits per heavy atom. The standard InChI is InChI=1S/C11H21NO2/c1-3-4-5-10-7-6-9(8-12-10)11(13)14-2/h9-10,12H,3-8H2,1-2H3. The first-order chi connectivity index (χ1) is 6.77. The molecule has 0 radical (unpaired) electrons. The van der Waals surface area contributed by atoms with Crippen LogP contribution in [0.1, 0.15) is 39.0 Å². The summed E-state index contributed by atoms with van der Waals surface area (Å²) in [6.45, 7) is 3.00. The zero-order valence-electron chi connectivity index (χ0n) is 9.21. The second-order valence-electron chi connectivity index (χ2n) is 4.04. The van der Waals surface area contributed by atoms with Crippen LogP contribution in [0.3, 0.4) is 0 Å². The van der Waals surface area contributed by atoms with Crippen LogP contribution in [-0.2, 0) is 9.53 Å². The van der Waals surface area contributed by atoms with Crippen molar-refractivity contribution < 1.29 is 9.53 Å². The maximum atomic E-state index is 11.2. The van der Waals surface area contributed by atoms with Gasteiger partial charge < -0.3 is 10.1 Å². The molecule has 2 unspecified atom stereocenters. The molecule has 0 aromatic heterocycles. The predicted octanol–water partition coefficient (Wildman–Crippen LogP) is 1.72. The van der Waals surface area contributed by atoms with Crippen molar-refractivity contribution in [1.82, 2.24) is 5.32 Å². The van der Waals surface area contributed by atoms with Gasteiger partial charge >= 0.3 is 5.97 Å². The first kappa shape index (κ1) is 11.5. The number of carbonyl (C=O) groups is 1. The lowest BCUT2D eigenvalue weighted by atomic mass is 9.92. The Labute approximate surface area is 86.2 Å². The van der Waals surface area contributed by atoms with E-state index in [1.807, 2.05) is 0 Å². The fourth-order valence-corrected chi connectivity index (χ4v) is 1.98. The van der Waals surface area contributed by atoms with Crippen molar-refractivity contribution in [2.45, 2.75) is 45.1 Å². The summed E-state index contributed by atoms with van der Waals surface area (Å²) < 4.78 is 4.73. The largest absolute Gasteiger partial charge is 0.469 e. The van der Waals surface area contributed by atoms with Crippen molar-refractivity contribution in [2.24, 2.45) is 5.92 Å². The molecule has 82 valence electrons. The summed E-state index contributed by atoms with van der Waals surface area (Å²) in [5.41, 5.74) is 0. The number of esters is 1. The molecule has 0 spiro atoms. The van der Waals surface area contributed by atoms with Crippen LogP contribution in [0.2, 0.25) is 0 Å². The molecule has 14 heavy (non-hydrogen) atoms. The van der Waals surface area contributed by atoms with Gasteiger partial charge in [0.15, 0.2) is 0 Å². The molecule has 0 saturated carbocycles. The smallest absolute Gasteiger partial charge is 0.309 e. The van der Waals surface area contributed by atoms with Crippen molar-refractivity contribution in [3.05, 3.63) is 0 Å². The lowest BCUT2D eigenvalue weighted by Gasteiger charge is -2.28.